The number of nitrogens with one attached hydrogen (secondary N) is 5. The van der Waals surface area contributed by atoms with E-state index in [0.29, 0.717) is 56.4 Å². The second kappa shape index (κ2) is 30.3. The van der Waals surface area contributed by atoms with E-state index in [9.17, 15) is 52.7 Å². The lowest BCUT2D eigenvalue weighted by Gasteiger charge is -2.57. The van der Waals surface area contributed by atoms with Crippen LogP contribution in [0.3, 0.4) is 0 Å². The Kier molecular flexibility index (Phi) is 23.8. The zero-order valence-corrected chi connectivity index (χ0v) is 51.2. The SMILES string of the molecule is CC1=C[C@H]2OC3CCC(C)([C@@]2(COC(=O)C(NC(=O)C(C)(C)C(C)C(=O)OCc2ccc(NC(=O)[C@H](CCCCNC(N)=O)NC(=O)C(NC(=O)CCCCCN4C(=O)C=CC4=O)C(C)C)cc2)[C@H](C)CCOC(=O)/C=C/C=C\C(=O)O)CC1)[C@]31CO1. The summed E-state index contributed by atoms with van der Waals surface area (Å²) in [5.41, 5.74) is 4.37. The molecule has 8 N–H and O–H groups in total. The number of carboxylic acid groups (broad SMARTS) is 1. The van der Waals surface area contributed by atoms with Crippen molar-refractivity contribution in [2.75, 3.05) is 38.2 Å². The van der Waals surface area contributed by atoms with E-state index in [4.69, 9.17) is 34.5 Å². The van der Waals surface area contributed by atoms with Crippen molar-refractivity contribution in [3.05, 3.63) is 77.9 Å². The molecule has 3 aliphatic heterocycles. The van der Waals surface area contributed by atoms with Crippen LogP contribution in [0.1, 0.15) is 138 Å². The number of nitrogens with zero attached hydrogens (tertiary/aromatic N) is 1. The van der Waals surface area contributed by atoms with Gasteiger partial charge in [-0.2, -0.15) is 0 Å². The number of benzene rings is 1. The first-order valence-electron chi connectivity index (χ1n) is 30.1. The van der Waals surface area contributed by atoms with E-state index >= 15 is 0 Å². The third-order valence-corrected chi connectivity index (χ3v) is 18.1. The fourth-order valence-electron chi connectivity index (χ4n) is 11.9. The van der Waals surface area contributed by atoms with Crippen LogP contribution in [0.4, 0.5) is 10.5 Å². The molecule has 1 saturated carbocycles. The fraction of sp³-hybridized carbons (Fsp3) is 0.603. The molecule has 87 heavy (non-hydrogen) atoms. The van der Waals surface area contributed by atoms with Crippen molar-refractivity contribution in [2.45, 2.75) is 175 Å². The number of hydrogen-bond acceptors (Lipinski definition) is 16. The van der Waals surface area contributed by atoms with Crippen LogP contribution in [0.15, 0.2) is 72.4 Å². The number of amides is 8. The number of aliphatic carboxylic acids is 1. The van der Waals surface area contributed by atoms with Crippen LogP contribution in [0.25, 0.3) is 0 Å². The predicted octanol–water partition coefficient (Wildman–Crippen LogP) is 5.14. The number of carbonyl (C=O) groups is 11. The predicted molar refractivity (Wildman–Crippen MR) is 316 cm³/mol. The molecule has 3 heterocycles. The number of nitrogens with two attached hydrogens (primary N) is 1. The lowest BCUT2D eigenvalue weighted by molar-refractivity contribution is -0.218. The molecule has 5 unspecified atom stereocenters. The molecule has 1 aromatic carbocycles. The highest BCUT2D eigenvalue weighted by Gasteiger charge is 2.78. The van der Waals surface area contributed by atoms with Gasteiger partial charge in [0.15, 0.2) is 0 Å². The zero-order valence-electron chi connectivity index (χ0n) is 51.2. The average molecular weight is 1210 g/mol. The summed E-state index contributed by atoms with van der Waals surface area (Å²) in [5.74, 6) is -8.37. The van der Waals surface area contributed by atoms with Gasteiger partial charge < -0.3 is 61.1 Å². The van der Waals surface area contributed by atoms with Gasteiger partial charge in [0.25, 0.3) is 11.8 Å². The number of urea groups is 1. The van der Waals surface area contributed by atoms with E-state index in [1.165, 1.54) is 36.8 Å². The molecule has 2 bridgehead atoms. The summed E-state index contributed by atoms with van der Waals surface area (Å²) < 4.78 is 30.3. The number of rotatable bonds is 33. The smallest absolute Gasteiger partial charge is 0.330 e. The monoisotopic (exact) mass is 1210 g/mol. The number of epoxide rings is 1. The number of esters is 3. The van der Waals surface area contributed by atoms with Gasteiger partial charge in [0.1, 0.15) is 36.9 Å². The molecule has 476 valence electrons. The molecular weight excluding hydrogens is 1130 g/mol. The molecule has 1 spiro atoms. The molecule has 0 radical (unpaired) electrons. The summed E-state index contributed by atoms with van der Waals surface area (Å²) in [7, 11) is 0. The first-order valence-corrected chi connectivity index (χ1v) is 30.1. The topological polar surface area (TPSA) is 347 Å². The minimum absolute atomic E-state index is 0.00428. The molecule has 5 aliphatic rings. The molecule has 8 amide bonds. The van der Waals surface area contributed by atoms with Crippen molar-refractivity contribution in [2.24, 2.45) is 39.7 Å². The van der Waals surface area contributed by atoms with Crippen LogP contribution >= 0.6 is 0 Å². The molecular formula is C63H87N7O17. The Bertz CT molecular complexity index is 2840. The summed E-state index contributed by atoms with van der Waals surface area (Å²) >= 11 is 0. The number of unbranched alkanes of at least 4 members (excludes halogenated alkanes) is 3. The highest BCUT2D eigenvalue weighted by Crippen LogP contribution is 2.71. The van der Waals surface area contributed by atoms with Gasteiger partial charge in [-0.15, -0.1) is 0 Å². The van der Waals surface area contributed by atoms with Crippen LogP contribution in [-0.2, 0) is 78.2 Å². The Morgan fingerprint density at radius 2 is 1.52 bits per heavy atom. The van der Waals surface area contributed by atoms with Crippen LogP contribution in [0.5, 0.6) is 0 Å². The van der Waals surface area contributed by atoms with Gasteiger partial charge in [-0.3, -0.25) is 38.5 Å². The van der Waals surface area contributed by atoms with Crippen molar-refractivity contribution in [1.29, 1.82) is 0 Å². The number of carbonyl (C=O) groups excluding carboxylic acids is 10. The van der Waals surface area contributed by atoms with Crippen LogP contribution in [0.2, 0.25) is 0 Å². The minimum Gasteiger partial charge on any atom is -0.478 e. The lowest BCUT2D eigenvalue weighted by atomic mass is 9.52. The van der Waals surface area contributed by atoms with Gasteiger partial charge >= 0.3 is 29.9 Å². The third-order valence-electron chi connectivity index (χ3n) is 18.1. The Labute approximate surface area is 507 Å². The summed E-state index contributed by atoms with van der Waals surface area (Å²) in [6, 6.07) is 2.39. The van der Waals surface area contributed by atoms with Crippen LogP contribution < -0.4 is 32.3 Å². The Balaban J connectivity index is 1.05. The highest BCUT2D eigenvalue weighted by molar-refractivity contribution is 6.12. The summed E-state index contributed by atoms with van der Waals surface area (Å²) in [5, 5.41) is 22.6. The lowest BCUT2D eigenvalue weighted by Crippen LogP contribution is -2.64. The molecule has 2 saturated heterocycles. The maximum atomic E-state index is 14.5. The normalized spacial score (nSPS) is 23.7. The number of ether oxygens (including phenoxy) is 5. The molecule has 10 atom stereocenters. The van der Waals surface area contributed by atoms with Gasteiger partial charge in [-0.1, -0.05) is 90.8 Å². The Morgan fingerprint density at radius 3 is 2.17 bits per heavy atom. The molecule has 6 rings (SSSR count). The largest absolute Gasteiger partial charge is 0.478 e. The Hall–Kier alpha value is -7.73. The highest BCUT2D eigenvalue weighted by atomic mass is 16.6. The number of allylic oxidation sites excluding steroid dienone is 3. The van der Waals surface area contributed by atoms with Crippen molar-refractivity contribution in [1.82, 2.24) is 26.2 Å². The summed E-state index contributed by atoms with van der Waals surface area (Å²) in [4.78, 5) is 143. The molecule has 24 heteroatoms. The van der Waals surface area contributed by atoms with E-state index in [1.807, 2.05) is 0 Å². The third kappa shape index (κ3) is 17.3. The molecule has 24 nitrogen and oxygen atoms in total. The fourth-order valence-corrected chi connectivity index (χ4v) is 11.9. The van der Waals surface area contributed by atoms with E-state index in [1.54, 1.807) is 58.9 Å². The number of carboxylic acids is 1. The molecule has 2 aliphatic carbocycles. The average Bonchev–Trinajstić information content (AvgIpc) is 1.51. The first-order chi connectivity index (χ1) is 41.1. The molecule has 0 aromatic heterocycles. The molecule has 3 fully saturated rings. The van der Waals surface area contributed by atoms with E-state index < -0.39 is 94.0 Å². The van der Waals surface area contributed by atoms with E-state index in [0.717, 1.165) is 36.3 Å². The number of hydrogen-bond donors (Lipinski definition) is 7. The number of fused-ring (bicyclic) bond motifs is 2. The van der Waals surface area contributed by atoms with Crippen molar-refractivity contribution >= 4 is 71.0 Å². The minimum atomic E-state index is -1.45. The van der Waals surface area contributed by atoms with Crippen molar-refractivity contribution < 1.29 is 81.5 Å². The van der Waals surface area contributed by atoms with Gasteiger partial charge in [0.2, 0.25) is 23.6 Å². The summed E-state index contributed by atoms with van der Waals surface area (Å²) in [6.45, 7) is 14.8. The number of primary amides is 1. The van der Waals surface area contributed by atoms with E-state index in [2.05, 4.69) is 46.5 Å². The summed E-state index contributed by atoms with van der Waals surface area (Å²) in [6.07, 6.45) is 14.3. The molecule has 1 aromatic rings. The van der Waals surface area contributed by atoms with Crippen LogP contribution in [-0.4, -0.2) is 144 Å². The van der Waals surface area contributed by atoms with Gasteiger partial charge in [0, 0.05) is 60.3 Å². The second-order valence-corrected chi connectivity index (χ2v) is 24.7. The van der Waals surface area contributed by atoms with Gasteiger partial charge in [-0.25, -0.2) is 19.2 Å². The van der Waals surface area contributed by atoms with Gasteiger partial charge in [0.05, 0.1) is 36.8 Å². The number of anilines is 1. The second-order valence-electron chi connectivity index (χ2n) is 24.7. The van der Waals surface area contributed by atoms with Gasteiger partial charge in [-0.05, 0) is 101 Å². The van der Waals surface area contributed by atoms with Crippen molar-refractivity contribution in [3.63, 3.8) is 0 Å². The van der Waals surface area contributed by atoms with Crippen molar-refractivity contribution in [3.8, 4) is 0 Å². The standard InChI is InChI=1S/C63H87N7O17/c1-38(2)52(68-47(71)17-10-9-15-32-70-48(72)24-25-49(70)73)55(78)67-44(16-13-14-31-65-59(64)82)54(77)66-43-22-20-42(21-23-43)35-84-56(79)41(5)60(6,7)58(81)69-53(40(4)28-33-83-51(76)19-12-11-18-50(74)75)57(80)85-36-62-30-26-39(3)34-46(62)87-45-27-29-61(62,8)63(45)37-86-63/h11-12,18-25,34,38,40-41,44-46,52-53H,9-10,13-17,26-33,35-37H2,1-8H3,(H,66,77)(H,67,78)(H,68,71)(H,69,81)(H,74,75)(H3,64,65,82)/b18-11-,19-12+/t40-,41?,44+,45?,46-,52?,53?,61?,62-,63+/m1/s1. The zero-order chi connectivity index (χ0) is 63.9. The number of imide groups is 1. The quantitative estimate of drug-likeness (QED) is 0.00700. The Morgan fingerprint density at radius 1 is 0.828 bits per heavy atom. The van der Waals surface area contributed by atoms with E-state index in [-0.39, 0.29) is 93.4 Å². The van der Waals surface area contributed by atoms with Crippen LogP contribution in [0, 0.1) is 34.0 Å². The maximum absolute atomic E-state index is 14.5. The maximum Gasteiger partial charge on any atom is 0.330 e. The first kappa shape index (κ1) is 68.4.